The van der Waals surface area contributed by atoms with E-state index in [4.69, 9.17) is 5.73 Å². The second kappa shape index (κ2) is 9.75. The third-order valence-electron chi connectivity index (χ3n) is 4.28. The van der Waals surface area contributed by atoms with Crippen LogP contribution >= 0.6 is 0 Å². The lowest BCUT2D eigenvalue weighted by Gasteiger charge is -2.18. The first-order chi connectivity index (χ1) is 13.3. The molecular weight excluding hydrogens is 358 g/mol. The van der Waals surface area contributed by atoms with Crippen LogP contribution in [0, 0.1) is 0 Å². The molecule has 2 aromatic rings. The van der Waals surface area contributed by atoms with Crippen LogP contribution in [0.5, 0.6) is 11.5 Å². The second-order valence-electron chi connectivity index (χ2n) is 6.61. The monoisotopic (exact) mass is 385 g/mol. The zero-order valence-electron chi connectivity index (χ0n) is 16.2. The molecule has 0 atom stereocenters. The van der Waals surface area contributed by atoms with Crippen LogP contribution in [0.25, 0.3) is 0 Å². The van der Waals surface area contributed by atoms with Gasteiger partial charge in [0.05, 0.1) is 0 Å². The van der Waals surface area contributed by atoms with Gasteiger partial charge in [-0.15, -0.1) is 0 Å². The standard InChI is InChI=1S/C21H27N3O4/c1-3-5-13-11-15(25)7-9-17(13)19(27)23-21(22)24-20(28)18-10-8-16(26)12-14(18)6-4-2/h7-12,21,25-26H,3-6,22H2,1-2H3,(H,23,27)(H,24,28). The van der Waals surface area contributed by atoms with Crippen molar-refractivity contribution < 1.29 is 19.8 Å². The van der Waals surface area contributed by atoms with Gasteiger partial charge in [0, 0.05) is 11.1 Å². The average Bonchev–Trinajstić information content (AvgIpc) is 2.62. The van der Waals surface area contributed by atoms with Crippen molar-refractivity contribution in [3.05, 3.63) is 58.7 Å². The summed E-state index contributed by atoms with van der Waals surface area (Å²) in [6, 6.07) is 9.04. The molecule has 0 spiro atoms. The van der Waals surface area contributed by atoms with Crippen molar-refractivity contribution in [1.82, 2.24) is 10.6 Å². The molecule has 0 bridgehead atoms. The number of rotatable bonds is 8. The van der Waals surface area contributed by atoms with Crippen molar-refractivity contribution in [1.29, 1.82) is 0 Å². The Hall–Kier alpha value is -3.06. The number of nitrogens with two attached hydrogens (primary N) is 1. The first-order valence-corrected chi connectivity index (χ1v) is 9.36. The topological polar surface area (TPSA) is 125 Å². The van der Waals surface area contributed by atoms with Crippen molar-refractivity contribution in [3.8, 4) is 11.5 Å². The zero-order chi connectivity index (χ0) is 20.7. The smallest absolute Gasteiger partial charge is 0.254 e. The highest BCUT2D eigenvalue weighted by atomic mass is 16.3. The molecule has 6 N–H and O–H groups in total. The Bertz CT molecular complexity index is 782. The van der Waals surface area contributed by atoms with E-state index in [-0.39, 0.29) is 11.5 Å². The Morgan fingerprint density at radius 1 is 0.857 bits per heavy atom. The first-order valence-electron chi connectivity index (χ1n) is 9.36. The fraction of sp³-hybridized carbons (Fsp3) is 0.333. The maximum atomic E-state index is 12.5. The number of carbonyl (C=O) groups excluding carboxylic acids is 2. The Kier molecular flexibility index (Phi) is 7.40. The van der Waals surface area contributed by atoms with E-state index in [2.05, 4.69) is 10.6 Å². The molecule has 0 aliphatic carbocycles. The lowest BCUT2D eigenvalue weighted by atomic mass is 10.0. The third kappa shape index (κ3) is 5.47. The zero-order valence-corrected chi connectivity index (χ0v) is 16.2. The maximum Gasteiger partial charge on any atom is 0.254 e. The summed E-state index contributed by atoms with van der Waals surface area (Å²) in [6.07, 6.45) is 1.80. The van der Waals surface area contributed by atoms with Crippen LogP contribution in [0.1, 0.15) is 58.5 Å². The molecule has 0 aliphatic rings. The minimum Gasteiger partial charge on any atom is -0.508 e. The molecular formula is C21H27N3O4. The van der Waals surface area contributed by atoms with Crippen LogP contribution in [0.15, 0.2) is 36.4 Å². The Labute approximate surface area is 164 Å². The molecule has 0 saturated carbocycles. The predicted molar refractivity (Wildman–Crippen MR) is 107 cm³/mol. The van der Waals surface area contributed by atoms with Crippen molar-refractivity contribution in [2.24, 2.45) is 5.73 Å². The molecule has 150 valence electrons. The second-order valence-corrected chi connectivity index (χ2v) is 6.61. The summed E-state index contributed by atoms with van der Waals surface area (Å²) in [4.78, 5) is 25.1. The van der Waals surface area contributed by atoms with Gasteiger partial charge in [0.15, 0.2) is 6.29 Å². The Morgan fingerprint density at radius 3 is 1.61 bits per heavy atom. The molecule has 2 amide bonds. The molecule has 0 aliphatic heterocycles. The number of hydrogen-bond donors (Lipinski definition) is 5. The van der Waals surface area contributed by atoms with E-state index in [0.717, 1.165) is 12.8 Å². The van der Waals surface area contributed by atoms with E-state index >= 15 is 0 Å². The van der Waals surface area contributed by atoms with Crippen molar-refractivity contribution in [3.63, 3.8) is 0 Å². The van der Waals surface area contributed by atoms with Gasteiger partial charge in [0.1, 0.15) is 11.5 Å². The number of nitrogens with one attached hydrogen (secondary N) is 2. The highest BCUT2D eigenvalue weighted by molar-refractivity contribution is 5.98. The van der Waals surface area contributed by atoms with E-state index in [9.17, 15) is 19.8 Å². The molecule has 0 saturated heterocycles. The number of benzene rings is 2. The largest absolute Gasteiger partial charge is 0.508 e. The number of carbonyl (C=O) groups is 2. The van der Waals surface area contributed by atoms with Crippen LogP contribution in [-0.4, -0.2) is 28.3 Å². The molecule has 2 aromatic carbocycles. The number of phenols is 2. The van der Waals surface area contributed by atoms with Gasteiger partial charge in [-0.05, 0) is 60.4 Å². The molecule has 7 heteroatoms. The van der Waals surface area contributed by atoms with Gasteiger partial charge in [-0.25, -0.2) is 0 Å². The molecule has 0 aromatic heterocycles. The highest BCUT2D eigenvalue weighted by Gasteiger charge is 2.18. The van der Waals surface area contributed by atoms with Gasteiger partial charge in [0.2, 0.25) is 0 Å². The van der Waals surface area contributed by atoms with Crippen LogP contribution in [-0.2, 0) is 12.8 Å². The summed E-state index contributed by atoms with van der Waals surface area (Å²) in [5, 5.41) is 24.4. The summed E-state index contributed by atoms with van der Waals surface area (Å²) < 4.78 is 0. The Balaban J connectivity index is 2.09. The van der Waals surface area contributed by atoms with Gasteiger partial charge < -0.3 is 20.8 Å². The summed E-state index contributed by atoms with van der Waals surface area (Å²) in [5.41, 5.74) is 8.12. The van der Waals surface area contributed by atoms with Crippen molar-refractivity contribution in [2.45, 2.75) is 45.8 Å². The fourth-order valence-corrected chi connectivity index (χ4v) is 3.03. The molecule has 0 fully saturated rings. The first kappa shape index (κ1) is 21.2. The normalized spacial score (nSPS) is 10.7. The Morgan fingerprint density at radius 2 is 1.25 bits per heavy atom. The van der Waals surface area contributed by atoms with Crippen LogP contribution in [0.3, 0.4) is 0 Å². The van der Waals surface area contributed by atoms with Gasteiger partial charge in [-0.3, -0.25) is 15.3 Å². The van der Waals surface area contributed by atoms with E-state index in [1.54, 1.807) is 12.1 Å². The van der Waals surface area contributed by atoms with Crippen molar-refractivity contribution >= 4 is 11.8 Å². The molecule has 0 heterocycles. The van der Waals surface area contributed by atoms with Gasteiger partial charge in [-0.2, -0.15) is 0 Å². The summed E-state index contributed by atoms with van der Waals surface area (Å²) in [5.74, 6) is -0.687. The minimum absolute atomic E-state index is 0.0911. The van der Waals surface area contributed by atoms with E-state index in [0.29, 0.717) is 35.1 Å². The summed E-state index contributed by atoms with van der Waals surface area (Å²) >= 11 is 0. The fourth-order valence-electron chi connectivity index (χ4n) is 3.03. The SMILES string of the molecule is CCCc1cc(O)ccc1C(=O)NC(N)NC(=O)c1ccc(O)cc1CCC. The quantitative estimate of drug-likeness (QED) is 0.446. The molecule has 0 radical (unpaired) electrons. The highest BCUT2D eigenvalue weighted by Crippen LogP contribution is 2.19. The molecule has 28 heavy (non-hydrogen) atoms. The number of hydrogen-bond acceptors (Lipinski definition) is 5. The third-order valence-corrected chi connectivity index (χ3v) is 4.28. The number of phenolic OH excluding ortho intramolecular Hbond substituents is 2. The van der Waals surface area contributed by atoms with Gasteiger partial charge in [-0.1, -0.05) is 26.7 Å². The van der Waals surface area contributed by atoms with Crippen LogP contribution in [0.2, 0.25) is 0 Å². The van der Waals surface area contributed by atoms with Crippen LogP contribution < -0.4 is 16.4 Å². The molecule has 2 rings (SSSR count). The average molecular weight is 385 g/mol. The van der Waals surface area contributed by atoms with Gasteiger partial charge >= 0.3 is 0 Å². The number of amides is 2. The maximum absolute atomic E-state index is 12.5. The lowest BCUT2D eigenvalue weighted by Crippen LogP contribution is -2.54. The van der Waals surface area contributed by atoms with Gasteiger partial charge in [0.25, 0.3) is 11.8 Å². The molecule has 0 unspecified atom stereocenters. The van der Waals surface area contributed by atoms with E-state index in [1.807, 2.05) is 13.8 Å². The lowest BCUT2D eigenvalue weighted by molar-refractivity contribution is 0.0886. The number of aromatic hydroxyl groups is 2. The molecule has 7 nitrogen and oxygen atoms in total. The van der Waals surface area contributed by atoms with Crippen molar-refractivity contribution in [2.75, 3.05) is 0 Å². The van der Waals surface area contributed by atoms with E-state index < -0.39 is 18.1 Å². The minimum atomic E-state index is -1.09. The predicted octanol–water partition coefficient (Wildman–Crippen LogP) is 2.40. The number of aryl methyl sites for hydroxylation is 2. The summed E-state index contributed by atoms with van der Waals surface area (Å²) in [7, 11) is 0. The van der Waals surface area contributed by atoms with E-state index in [1.165, 1.54) is 24.3 Å². The van der Waals surface area contributed by atoms with Crippen LogP contribution in [0.4, 0.5) is 0 Å². The summed E-state index contributed by atoms with van der Waals surface area (Å²) in [6.45, 7) is 3.95.